The van der Waals surface area contributed by atoms with Crippen molar-refractivity contribution in [1.82, 2.24) is 0 Å². The number of aliphatic hydroxyl groups is 1. The molecular weight excluding hydrogens is 170 g/mol. The van der Waals surface area contributed by atoms with Crippen LogP contribution in [0.15, 0.2) is 0 Å². The second-order valence-electron chi connectivity index (χ2n) is 3.95. The molecule has 0 saturated carbocycles. The zero-order valence-electron chi connectivity index (χ0n) is 8.15. The summed E-state index contributed by atoms with van der Waals surface area (Å²) in [5.41, 5.74) is 0. The molecule has 0 aliphatic carbocycles. The zero-order valence-corrected chi connectivity index (χ0v) is 8.15. The van der Waals surface area contributed by atoms with E-state index in [1.165, 1.54) is 0 Å². The van der Waals surface area contributed by atoms with E-state index in [-0.39, 0.29) is 24.2 Å². The predicted molar refractivity (Wildman–Crippen MR) is 52.1 cm³/mol. The minimum atomic E-state index is -1.98. The molecular formula is C7H14B2O4. The van der Waals surface area contributed by atoms with Crippen molar-refractivity contribution in [2.24, 2.45) is 5.92 Å². The minimum Gasteiger partial charge on any atom is -0.477 e. The highest BCUT2D eigenvalue weighted by Gasteiger charge is 2.46. The van der Waals surface area contributed by atoms with Gasteiger partial charge in [-0.05, 0) is 5.92 Å². The Morgan fingerprint density at radius 1 is 1.62 bits per heavy atom. The number of aliphatic carboxylic acids is 1. The summed E-state index contributed by atoms with van der Waals surface area (Å²) in [7, 11) is 3.71. The van der Waals surface area contributed by atoms with Crippen molar-refractivity contribution < 1.29 is 19.7 Å². The van der Waals surface area contributed by atoms with Crippen LogP contribution in [-0.4, -0.2) is 43.7 Å². The van der Waals surface area contributed by atoms with Gasteiger partial charge in [-0.1, -0.05) is 12.7 Å². The average Bonchev–Trinajstić information content (AvgIpc) is 2.00. The zero-order chi connectivity index (χ0) is 10.2. The summed E-state index contributed by atoms with van der Waals surface area (Å²) in [6.45, 7) is 2.00. The molecule has 1 aliphatic rings. The molecule has 72 valence electrons. The van der Waals surface area contributed by atoms with Gasteiger partial charge in [0.25, 0.3) is 5.79 Å². The molecule has 1 unspecified atom stereocenters. The number of hydrogen-bond acceptors (Lipinski definition) is 3. The van der Waals surface area contributed by atoms with Gasteiger partial charge in [0.1, 0.15) is 15.7 Å². The van der Waals surface area contributed by atoms with E-state index >= 15 is 0 Å². The quantitative estimate of drug-likeness (QED) is 0.471. The Bertz CT molecular complexity index is 209. The number of carbonyl (C=O) groups is 1. The SMILES string of the molecule is B[C@@H]1CC(O)(C(=O)O)O[C@H](B)[C@@H]1C. The van der Waals surface area contributed by atoms with Gasteiger partial charge in [-0.25, -0.2) is 4.79 Å². The standard InChI is InChI=1S/C7H14B2O4/c1-3-4(8)2-7(12,6(10)11)13-5(3)9/h3-5,12H,2,8-9H2,1H3,(H,10,11)/t3-,4-,5+,7?/m1/s1. The number of ether oxygens (including phenoxy) is 1. The molecule has 6 heteroatoms. The number of rotatable bonds is 1. The summed E-state index contributed by atoms with van der Waals surface area (Å²) in [6, 6.07) is -0.218. The van der Waals surface area contributed by atoms with Crippen LogP contribution in [0.25, 0.3) is 0 Å². The first-order valence-corrected chi connectivity index (χ1v) is 4.50. The van der Waals surface area contributed by atoms with Crippen molar-refractivity contribution in [3.63, 3.8) is 0 Å². The second kappa shape index (κ2) is 3.35. The lowest BCUT2D eigenvalue weighted by Crippen LogP contribution is -2.52. The first kappa shape index (κ1) is 10.6. The van der Waals surface area contributed by atoms with Crippen molar-refractivity contribution in [1.29, 1.82) is 0 Å². The average molecular weight is 184 g/mol. The lowest BCUT2D eigenvalue weighted by Gasteiger charge is -2.40. The normalized spacial score (nSPS) is 45.8. The lowest BCUT2D eigenvalue weighted by molar-refractivity contribution is -0.250. The van der Waals surface area contributed by atoms with Gasteiger partial charge in [0.15, 0.2) is 0 Å². The number of carboxylic acid groups (broad SMARTS) is 1. The van der Waals surface area contributed by atoms with E-state index in [0.29, 0.717) is 0 Å². The summed E-state index contributed by atoms with van der Waals surface area (Å²) >= 11 is 0. The molecule has 1 aliphatic heterocycles. The predicted octanol–water partition coefficient (Wildman–Crippen LogP) is -1.80. The maximum absolute atomic E-state index is 10.7. The van der Waals surface area contributed by atoms with Gasteiger partial charge < -0.3 is 14.9 Å². The van der Waals surface area contributed by atoms with Crippen LogP contribution in [0.5, 0.6) is 0 Å². The van der Waals surface area contributed by atoms with Crippen molar-refractivity contribution in [2.75, 3.05) is 0 Å². The van der Waals surface area contributed by atoms with Crippen LogP contribution in [0, 0.1) is 5.92 Å². The van der Waals surface area contributed by atoms with E-state index in [0.717, 1.165) is 0 Å². The van der Waals surface area contributed by atoms with Crippen LogP contribution in [0.4, 0.5) is 0 Å². The maximum atomic E-state index is 10.7. The third-order valence-corrected chi connectivity index (χ3v) is 2.95. The molecule has 1 saturated heterocycles. The van der Waals surface area contributed by atoms with Gasteiger partial charge in [-0.2, -0.15) is 0 Å². The van der Waals surface area contributed by atoms with Gasteiger partial charge in [0.05, 0.1) is 0 Å². The molecule has 2 N–H and O–H groups in total. The molecule has 0 aromatic carbocycles. The van der Waals surface area contributed by atoms with Gasteiger partial charge >= 0.3 is 5.97 Å². The first-order chi connectivity index (χ1) is 5.87. The van der Waals surface area contributed by atoms with Crippen molar-refractivity contribution in [3.05, 3.63) is 0 Å². The lowest BCUT2D eigenvalue weighted by atomic mass is 9.65. The minimum absolute atomic E-state index is 0.157. The highest BCUT2D eigenvalue weighted by molar-refractivity contribution is 6.15. The molecule has 0 radical (unpaired) electrons. The van der Waals surface area contributed by atoms with Gasteiger partial charge in [0, 0.05) is 12.4 Å². The molecule has 0 bridgehead atoms. The van der Waals surface area contributed by atoms with Crippen LogP contribution < -0.4 is 0 Å². The Morgan fingerprint density at radius 3 is 2.54 bits per heavy atom. The van der Waals surface area contributed by atoms with E-state index in [4.69, 9.17) is 9.84 Å². The van der Waals surface area contributed by atoms with E-state index in [9.17, 15) is 9.90 Å². The van der Waals surface area contributed by atoms with Gasteiger partial charge in [0.2, 0.25) is 0 Å². The maximum Gasteiger partial charge on any atom is 0.364 e. The smallest absolute Gasteiger partial charge is 0.364 e. The van der Waals surface area contributed by atoms with Gasteiger partial charge in [-0.15, -0.1) is 0 Å². The molecule has 1 heterocycles. The largest absolute Gasteiger partial charge is 0.477 e. The molecule has 0 aromatic heterocycles. The van der Waals surface area contributed by atoms with Crippen LogP contribution in [-0.2, 0) is 9.53 Å². The summed E-state index contributed by atoms with van der Waals surface area (Å²) in [5.74, 6) is -2.84. The summed E-state index contributed by atoms with van der Waals surface area (Å²) in [4.78, 5) is 10.7. The van der Waals surface area contributed by atoms with E-state index < -0.39 is 11.8 Å². The Labute approximate surface area is 79.1 Å². The summed E-state index contributed by atoms with van der Waals surface area (Å²) < 4.78 is 5.07. The monoisotopic (exact) mass is 184 g/mol. The molecule has 4 atom stereocenters. The first-order valence-electron chi connectivity index (χ1n) is 4.50. The highest BCUT2D eigenvalue weighted by atomic mass is 16.7. The van der Waals surface area contributed by atoms with Crippen LogP contribution in [0.2, 0.25) is 5.82 Å². The van der Waals surface area contributed by atoms with Gasteiger partial charge in [-0.3, -0.25) is 0 Å². The van der Waals surface area contributed by atoms with Crippen LogP contribution >= 0.6 is 0 Å². The fourth-order valence-electron chi connectivity index (χ4n) is 1.69. The van der Waals surface area contributed by atoms with E-state index in [1.807, 2.05) is 14.8 Å². The fraction of sp³-hybridized carbons (Fsp3) is 0.857. The molecule has 4 nitrogen and oxygen atoms in total. The second-order valence-corrected chi connectivity index (χ2v) is 3.95. The molecule has 1 fully saturated rings. The van der Waals surface area contributed by atoms with Crippen molar-refractivity contribution in [2.45, 2.75) is 31.0 Å². The molecule has 0 aromatic rings. The topological polar surface area (TPSA) is 66.8 Å². The summed E-state index contributed by atoms with van der Waals surface area (Å²) in [5, 5.41) is 18.3. The molecule has 13 heavy (non-hydrogen) atoms. The highest BCUT2D eigenvalue weighted by Crippen LogP contribution is 2.36. The number of hydrogen-bond donors (Lipinski definition) is 2. The van der Waals surface area contributed by atoms with E-state index in [2.05, 4.69) is 0 Å². The van der Waals surface area contributed by atoms with Crippen molar-refractivity contribution in [3.8, 4) is 0 Å². The van der Waals surface area contributed by atoms with Crippen molar-refractivity contribution >= 4 is 21.7 Å². The van der Waals surface area contributed by atoms with Crippen LogP contribution in [0.3, 0.4) is 0 Å². The Morgan fingerprint density at radius 2 is 2.15 bits per heavy atom. The molecule has 0 amide bonds. The Kier molecular flexibility index (Phi) is 2.73. The third-order valence-electron chi connectivity index (χ3n) is 2.95. The van der Waals surface area contributed by atoms with Crippen LogP contribution in [0.1, 0.15) is 13.3 Å². The van der Waals surface area contributed by atoms with E-state index in [1.54, 1.807) is 7.85 Å². The summed E-state index contributed by atoms with van der Waals surface area (Å²) in [6.07, 6.45) is 0.161. The fourth-order valence-corrected chi connectivity index (χ4v) is 1.69. The third kappa shape index (κ3) is 1.89. The molecule has 1 rings (SSSR count). The molecule has 0 spiro atoms. The Balaban J connectivity index is 2.79. The number of carboxylic acids is 1. The Hall–Kier alpha value is -0.480.